The summed E-state index contributed by atoms with van der Waals surface area (Å²) in [5.74, 6) is -3.01. The second kappa shape index (κ2) is 7.35. The van der Waals surface area contributed by atoms with Crippen LogP contribution in [0.15, 0.2) is 12.2 Å². The number of nitrogens with zero attached hydrogens (tertiary/aromatic N) is 1. The monoisotopic (exact) mass is 351 g/mol. The predicted molar refractivity (Wildman–Crippen MR) is 82.3 cm³/mol. The van der Waals surface area contributed by atoms with Gasteiger partial charge in [-0.1, -0.05) is 12.2 Å². The van der Waals surface area contributed by atoms with Crippen LogP contribution >= 0.6 is 0 Å². The highest BCUT2D eigenvalue weighted by Crippen LogP contribution is 2.52. The van der Waals surface area contributed by atoms with Gasteiger partial charge in [-0.05, 0) is 25.2 Å². The number of hydrogen-bond acceptors (Lipinski definition) is 7. The smallest absolute Gasteiger partial charge is 0.333 e. The highest BCUT2D eigenvalue weighted by molar-refractivity contribution is 6.06. The van der Waals surface area contributed by atoms with Gasteiger partial charge in [0.15, 0.2) is 0 Å². The van der Waals surface area contributed by atoms with Crippen molar-refractivity contribution in [2.24, 2.45) is 23.7 Å². The molecular weight excluding hydrogens is 330 g/mol. The molecule has 0 aromatic carbocycles. The van der Waals surface area contributed by atoms with E-state index in [-0.39, 0.29) is 31.3 Å². The van der Waals surface area contributed by atoms with Gasteiger partial charge in [-0.3, -0.25) is 14.4 Å². The van der Waals surface area contributed by atoms with Crippen molar-refractivity contribution in [3.8, 4) is 0 Å². The molecule has 0 aromatic rings. The Bertz CT molecular complexity index is 584. The molecule has 2 fully saturated rings. The first-order valence-electron chi connectivity index (χ1n) is 8.53. The number of amides is 2. The summed E-state index contributed by atoms with van der Waals surface area (Å²) in [6.45, 7) is 2.77. The first kappa shape index (κ1) is 17.6. The molecule has 0 radical (unpaired) electrons. The number of rotatable bonds is 8. The molecule has 0 spiro atoms. The van der Waals surface area contributed by atoms with E-state index >= 15 is 0 Å². The number of ether oxygens (including phenoxy) is 2. The lowest BCUT2D eigenvalue weighted by Gasteiger charge is -2.15. The van der Waals surface area contributed by atoms with Crippen LogP contribution in [0.4, 0.5) is 0 Å². The van der Waals surface area contributed by atoms with E-state index in [4.69, 9.17) is 14.3 Å². The zero-order valence-electron chi connectivity index (χ0n) is 14.0. The molecule has 8 nitrogen and oxygen atoms in total. The molecule has 0 aromatic heterocycles. The van der Waals surface area contributed by atoms with E-state index in [0.29, 0.717) is 18.3 Å². The van der Waals surface area contributed by atoms with Crippen molar-refractivity contribution in [3.05, 3.63) is 12.2 Å². The fraction of sp³-hybridized carbons (Fsp3) is 0.647. The lowest BCUT2D eigenvalue weighted by Crippen LogP contribution is -2.35. The molecule has 8 heteroatoms. The second-order valence-electron chi connectivity index (χ2n) is 6.35. The van der Waals surface area contributed by atoms with Gasteiger partial charge in [-0.25, -0.2) is 4.79 Å². The van der Waals surface area contributed by atoms with Crippen molar-refractivity contribution in [2.45, 2.75) is 26.2 Å². The molecule has 3 aliphatic rings. The fourth-order valence-corrected chi connectivity index (χ4v) is 3.75. The number of fused-ring (bicyclic) bond motifs is 5. The normalized spacial score (nSPS) is 29.2. The van der Waals surface area contributed by atoms with Crippen molar-refractivity contribution in [1.29, 1.82) is 0 Å². The van der Waals surface area contributed by atoms with Gasteiger partial charge in [0.1, 0.15) is 6.61 Å². The van der Waals surface area contributed by atoms with E-state index in [2.05, 4.69) is 0 Å². The van der Waals surface area contributed by atoms with Crippen molar-refractivity contribution < 1.29 is 33.5 Å². The van der Waals surface area contributed by atoms with Crippen LogP contribution in [0, 0.1) is 23.7 Å². The Balaban J connectivity index is 1.44. The van der Waals surface area contributed by atoms with Crippen LogP contribution in [0.2, 0.25) is 0 Å². The highest BCUT2D eigenvalue weighted by atomic mass is 16.7. The van der Waals surface area contributed by atoms with E-state index in [9.17, 15) is 19.2 Å². The molecule has 0 unspecified atom stereocenters. The lowest BCUT2D eigenvalue weighted by molar-refractivity contribution is -0.199. The number of imide groups is 1. The van der Waals surface area contributed by atoms with Gasteiger partial charge < -0.3 is 14.3 Å². The molecule has 2 amide bonds. The maximum atomic E-state index is 12.4. The number of esters is 1. The van der Waals surface area contributed by atoms with E-state index in [1.54, 1.807) is 0 Å². The number of carbonyl (C=O) groups excluding carboxylic acids is 4. The largest absolute Gasteiger partial charge is 0.463 e. The summed E-state index contributed by atoms with van der Waals surface area (Å²) < 4.78 is 9.90. The third-order valence-corrected chi connectivity index (χ3v) is 4.85. The number of hydroxylamine groups is 2. The summed E-state index contributed by atoms with van der Waals surface area (Å²) in [5.41, 5.74) is 0. The van der Waals surface area contributed by atoms with Gasteiger partial charge in [0.2, 0.25) is 0 Å². The van der Waals surface area contributed by atoms with Crippen LogP contribution in [0.25, 0.3) is 0 Å². The standard InChI is InChI=1S/C17H21NO7/c1-2-23-7-8-24-12(19)5-6-13(20)25-18-16(21)14-10-3-4-11(9-10)15(14)17(18)22/h3-4,10-11,14-15H,2,5-9H2,1H3/t10-,11+,14-,15+. The summed E-state index contributed by atoms with van der Waals surface area (Å²) in [7, 11) is 0. The van der Waals surface area contributed by atoms with Crippen LogP contribution in [-0.2, 0) is 33.5 Å². The Morgan fingerprint density at radius 1 is 1.04 bits per heavy atom. The van der Waals surface area contributed by atoms with Gasteiger partial charge in [0.05, 0.1) is 31.3 Å². The van der Waals surface area contributed by atoms with Crippen molar-refractivity contribution in [2.75, 3.05) is 19.8 Å². The second-order valence-corrected chi connectivity index (χ2v) is 6.35. The van der Waals surface area contributed by atoms with Crippen LogP contribution in [0.5, 0.6) is 0 Å². The Labute approximate surface area is 145 Å². The third-order valence-electron chi connectivity index (χ3n) is 4.85. The van der Waals surface area contributed by atoms with Gasteiger partial charge in [0, 0.05) is 6.61 Å². The minimum Gasteiger partial charge on any atom is -0.463 e. The van der Waals surface area contributed by atoms with Crippen molar-refractivity contribution in [3.63, 3.8) is 0 Å². The molecule has 1 heterocycles. The number of hydrogen-bond donors (Lipinski definition) is 0. The Morgan fingerprint density at radius 2 is 1.64 bits per heavy atom. The van der Waals surface area contributed by atoms with Crippen LogP contribution in [0.3, 0.4) is 0 Å². The van der Waals surface area contributed by atoms with Crippen LogP contribution in [0.1, 0.15) is 26.2 Å². The average molecular weight is 351 g/mol. The molecule has 136 valence electrons. The molecule has 1 saturated heterocycles. The van der Waals surface area contributed by atoms with Gasteiger partial charge in [0.25, 0.3) is 11.8 Å². The highest BCUT2D eigenvalue weighted by Gasteiger charge is 2.60. The lowest BCUT2D eigenvalue weighted by atomic mass is 9.85. The van der Waals surface area contributed by atoms with E-state index in [1.165, 1.54) is 0 Å². The van der Waals surface area contributed by atoms with E-state index < -0.39 is 35.6 Å². The maximum absolute atomic E-state index is 12.4. The van der Waals surface area contributed by atoms with Crippen molar-refractivity contribution in [1.82, 2.24) is 5.06 Å². The summed E-state index contributed by atoms with van der Waals surface area (Å²) in [5, 5.41) is 0.588. The van der Waals surface area contributed by atoms with Gasteiger partial charge in [-0.2, -0.15) is 0 Å². The topological polar surface area (TPSA) is 99.2 Å². The van der Waals surface area contributed by atoms with E-state index in [0.717, 1.165) is 6.42 Å². The molecule has 1 aliphatic heterocycles. The first-order chi connectivity index (χ1) is 12.0. The van der Waals surface area contributed by atoms with Crippen LogP contribution < -0.4 is 0 Å². The fourth-order valence-electron chi connectivity index (χ4n) is 3.75. The molecule has 2 aliphatic carbocycles. The zero-order chi connectivity index (χ0) is 18.0. The third kappa shape index (κ3) is 3.44. The Morgan fingerprint density at radius 3 is 2.24 bits per heavy atom. The molecule has 1 saturated carbocycles. The zero-order valence-corrected chi connectivity index (χ0v) is 14.0. The minimum atomic E-state index is -0.802. The van der Waals surface area contributed by atoms with Crippen molar-refractivity contribution >= 4 is 23.8 Å². The molecule has 2 bridgehead atoms. The van der Waals surface area contributed by atoms with Crippen LogP contribution in [-0.4, -0.2) is 48.6 Å². The maximum Gasteiger partial charge on any atom is 0.333 e. The molecular formula is C17H21NO7. The van der Waals surface area contributed by atoms with E-state index in [1.807, 2.05) is 19.1 Å². The van der Waals surface area contributed by atoms with Gasteiger partial charge in [-0.15, -0.1) is 5.06 Å². The first-order valence-corrected chi connectivity index (χ1v) is 8.53. The quantitative estimate of drug-likeness (QED) is 0.273. The number of allylic oxidation sites excluding steroid dienone is 2. The minimum absolute atomic E-state index is 0.0514. The summed E-state index contributed by atoms with van der Waals surface area (Å²) >= 11 is 0. The predicted octanol–water partition coefficient (Wildman–Crippen LogP) is 0.612. The Hall–Kier alpha value is -2.22. The average Bonchev–Trinajstić information content (AvgIpc) is 3.27. The number of carbonyl (C=O) groups is 4. The molecule has 3 rings (SSSR count). The van der Waals surface area contributed by atoms with Gasteiger partial charge >= 0.3 is 11.9 Å². The summed E-state index contributed by atoms with van der Waals surface area (Å²) in [6.07, 6.45) is 4.29. The molecule has 4 atom stereocenters. The SMILES string of the molecule is CCOCCOC(=O)CCC(=O)ON1C(=O)[C@@H]2[C@H](C1=O)[C@@H]1C=C[C@H]2C1. The Kier molecular flexibility index (Phi) is 5.17. The molecule has 25 heavy (non-hydrogen) atoms. The molecule has 0 N–H and O–H groups in total. The summed E-state index contributed by atoms with van der Waals surface area (Å²) in [6, 6.07) is 0. The summed E-state index contributed by atoms with van der Waals surface area (Å²) in [4.78, 5) is 53.0.